The Hall–Kier alpha value is -3.22. The zero-order valence-electron chi connectivity index (χ0n) is 18.6. The average Bonchev–Trinajstić information content (AvgIpc) is 3.26. The normalized spacial score (nSPS) is 21.5. The van der Waals surface area contributed by atoms with Crippen LogP contribution in [0.15, 0.2) is 53.4 Å². The second kappa shape index (κ2) is 9.57. The maximum Gasteiger partial charge on any atom is 0.269 e. The van der Waals surface area contributed by atoms with Gasteiger partial charge in [-0.2, -0.15) is 4.31 Å². The lowest BCUT2D eigenvalue weighted by atomic mass is 10.1. The minimum absolute atomic E-state index is 0.00371. The summed E-state index contributed by atoms with van der Waals surface area (Å²) < 4.78 is 32.6. The van der Waals surface area contributed by atoms with Gasteiger partial charge < -0.3 is 19.6 Å². The molecule has 2 saturated heterocycles. The minimum Gasteiger partial charge on any atom is -0.497 e. The summed E-state index contributed by atoms with van der Waals surface area (Å²) in [5.41, 5.74) is 0.773. The number of sulfonamides is 1. The van der Waals surface area contributed by atoms with Gasteiger partial charge in [0.05, 0.1) is 23.0 Å². The van der Waals surface area contributed by atoms with Crippen molar-refractivity contribution in [2.45, 2.75) is 23.5 Å². The molecule has 2 aromatic carbocycles. The van der Waals surface area contributed by atoms with Crippen LogP contribution in [0.5, 0.6) is 5.75 Å². The van der Waals surface area contributed by atoms with E-state index in [9.17, 15) is 28.4 Å². The second-order valence-corrected chi connectivity index (χ2v) is 10.1. The maximum absolute atomic E-state index is 13.3. The Morgan fingerprint density at radius 1 is 1.06 bits per heavy atom. The van der Waals surface area contributed by atoms with Crippen LogP contribution in [0.2, 0.25) is 0 Å². The molecular formula is C22H26N4O7S. The van der Waals surface area contributed by atoms with E-state index in [2.05, 4.69) is 4.90 Å². The molecule has 2 fully saturated rings. The van der Waals surface area contributed by atoms with Gasteiger partial charge in [0.25, 0.3) is 5.69 Å². The quantitative estimate of drug-likeness (QED) is 0.470. The highest BCUT2D eigenvalue weighted by Gasteiger charge is 2.45. The lowest BCUT2D eigenvalue weighted by Gasteiger charge is -2.38. The number of benzene rings is 2. The zero-order valence-corrected chi connectivity index (χ0v) is 19.4. The Morgan fingerprint density at radius 3 is 2.24 bits per heavy atom. The van der Waals surface area contributed by atoms with Crippen LogP contribution in [0.25, 0.3) is 0 Å². The van der Waals surface area contributed by atoms with Crippen LogP contribution in [0.3, 0.4) is 0 Å². The molecule has 2 aliphatic heterocycles. The first-order valence-electron chi connectivity index (χ1n) is 10.8. The molecule has 34 heavy (non-hydrogen) atoms. The molecular weight excluding hydrogens is 464 g/mol. The van der Waals surface area contributed by atoms with Crippen molar-refractivity contribution in [1.82, 2.24) is 9.21 Å². The lowest BCUT2D eigenvalue weighted by molar-refractivity contribution is -0.384. The number of anilines is 1. The van der Waals surface area contributed by atoms with Crippen LogP contribution in [0.4, 0.5) is 11.4 Å². The molecule has 2 atom stereocenters. The molecule has 182 valence electrons. The number of nitrogens with zero attached hydrogens (tertiary/aromatic N) is 4. The third-order valence-corrected chi connectivity index (χ3v) is 8.09. The third-order valence-electron chi connectivity index (χ3n) is 6.20. The fraction of sp³-hybridized carbons (Fsp3) is 0.409. The number of carbonyl (C=O) groups is 1. The van der Waals surface area contributed by atoms with Gasteiger partial charge in [0, 0.05) is 57.0 Å². The van der Waals surface area contributed by atoms with Crippen molar-refractivity contribution in [3.8, 4) is 5.75 Å². The van der Waals surface area contributed by atoms with Gasteiger partial charge in [-0.25, -0.2) is 8.42 Å². The van der Waals surface area contributed by atoms with E-state index in [1.807, 2.05) is 24.3 Å². The minimum atomic E-state index is -4.13. The van der Waals surface area contributed by atoms with Crippen LogP contribution < -0.4 is 9.64 Å². The molecule has 11 nitrogen and oxygen atoms in total. The summed E-state index contributed by atoms with van der Waals surface area (Å²) in [5.74, 6) is 0.406. The Morgan fingerprint density at radius 2 is 1.68 bits per heavy atom. The number of hydrogen-bond donors (Lipinski definition) is 1. The van der Waals surface area contributed by atoms with E-state index in [1.165, 1.54) is 0 Å². The molecule has 4 rings (SSSR count). The van der Waals surface area contributed by atoms with Crippen LogP contribution in [0, 0.1) is 10.1 Å². The zero-order chi connectivity index (χ0) is 24.5. The number of nitro groups is 1. The summed E-state index contributed by atoms with van der Waals surface area (Å²) in [4.78, 5) is 27.2. The smallest absolute Gasteiger partial charge is 0.269 e. The highest BCUT2D eigenvalue weighted by atomic mass is 32.2. The maximum atomic E-state index is 13.3. The van der Waals surface area contributed by atoms with Crippen molar-refractivity contribution >= 4 is 27.3 Å². The van der Waals surface area contributed by atoms with Crippen LogP contribution in [0.1, 0.15) is 6.42 Å². The van der Waals surface area contributed by atoms with Crippen molar-refractivity contribution in [2.24, 2.45) is 0 Å². The number of piperazine rings is 1. The SMILES string of the molecule is COc1ccc(N2CCN(C(=O)[C@H]3C[C@@H](O)CN3S(=O)(=O)c3ccc([N+](=O)[O-])cc3)CC2)cc1. The number of rotatable bonds is 6. The van der Waals surface area contributed by atoms with E-state index < -0.39 is 27.1 Å². The molecule has 0 unspecified atom stereocenters. The predicted octanol–water partition coefficient (Wildman–Crippen LogP) is 1.08. The van der Waals surface area contributed by atoms with Crippen molar-refractivity contribution in [3.05, 3.63) is 58.6 Å². The van der Waals surface area contributed by atoms with Gasteiger partial charge in [0.15, 0.2) is 0 Å². The molecule has 0 aromatic heterocycles. The summed E-state index contributed by atoms with van der Waals surface area (Å²) >= 11 is 0. The largest absolute Gasteiger partial charge is 0.497 e. The molecule has 2 heterocycles. The van der Waals surface area contributed by atoms with Crippen LogP contribution >= 0.6 is 0 Å². The van der Waals surface area contributed by atoms with Gasteiger partial charge in [-0.05, 0) is 36.4 Å². The summed E-state index contributed by atoms with van der Waals surface area (Å²) in [6.45, 7) is 1.80. The average molecular weight is 491 g/mol. The fourth-order valence-corrected chi connectivity index (χ4v) is 5.97. The number of nitro benzene ring substituents is 1. The number of carbonyl (C=O) groups excluding carboxylic acids is 1. The lowest BCUT2D eigenvalue weighted by Crippen LogP contribution is -2.54. The standard InChI is InChI=1S/C22H26N4O7S/c1-33-19-6-2-16(3-7-19)23-10-12-24(13-11-23)22(28)21-14-18(27)15-25(21)34(31,32)20-8-4-17(5-9-20)26(29)30/h2-9,18,21,27H,10-15H2,1H3/t18-,21-/m1/s1. The molecule has 12 heteroatoms. The molecule has 2 aliphatic rings. The molecule has 2 aromatic rings. The van der Waals surface area contributed by atoms with Crippen molar-refractivity contribution < 1.29 is 28.0 Å². The van der Waals surface area contributed by atoms with Gasteiger partial charge in [0.1, 0.15) is 11.8 Å². The van der Waals surface area contributed by atoms with Gasteiger partial charge in [-0.3, -0.25) is 14.9 Å². The summed E-state index contributed by atoms with van der Waals surface area (Å²) in [6.07, 6.45) is -0.966. The van der Waals surface area contributed by atoms with E-state index in [1.54, 1.807) is 12.0 Å². The molecule has 0 aliphatic carbocycles. The second-order valence-electron chi connectivity index (χ2n) is 8.24. The van der Waals surface area contributed by atoms with Crippen LogP contribution in [-0.4, -0.2) is 85.5 Å². The molecule has 0 spiro atoms. The number of aliphatic hydroxyl groups is 1. The summed E-state index contributed by atoms with van der Waals surface area (Å²) in [5, 5.41) is 21.1. The number of non-ortho nitro benzene ring substituents is 1. The van der Waals surface area contributed by atoms with Gasteiger partial charge in [-0.15, -0.1) is 0 Å². The van der Waals surface area contributed by atoms with E-state index in [0.717, 1.165) is 40.0 Å². The number of aliphatic hydroxyl groups excluding tert-OH is 1. The highest BCUT2D eigenvalue weighted by Crippen LogP contribution is 2.29. The third kappa shape index (κ3) is 4.69. The van der Waals surface area contributed by atoms with E-state index in [0.29, 0.717) is 26.2 Å². The molecule has 0 radical (unpaired) electrons. The number of amides is 1. The molecule has 1 amide bonds. The monoisotopic (exact) mass is 490 g/mol. The first-order chi connectivity index (χ1) is 16.2. The summed E-state index contributed by atoms with van der Waals surface area (Å²) in [7, 11) is -2.52. The Kier molecular flexibility index (Phi) is 6.73. The highest BCUT2D eigenvalue weighted by molar-refractivity contribution is 7.89. The van der Waals surface area contributed by atoms with Gasteiger partial charge in [0.2, 0.25) is 15.9 Å². The molecule has 0 saturated carbocycles. The Labute approximate surface area is 197 Å². The Balaban J connectivity index is 1.46. The number of β-amino-alcohol motifs (C(OH)–C–C–N with tert-alkyl or cyclic N) is 1. The predicted molar refractivity (Wildman–Crippen MR) is 123 cm³/mol. The number of ether oxygens (including phenoxy) is 1. The van der Waals surface area contributed by atoms with Crippen molar-refractivity contribution in [2.75, 3.05) is 44.7 Å². The number of hydrogen-bond acceptors (Lipinski definition) is 8. The van der Waals surface area contributed by atoms with Gasteiger partial charge >= 0.3 is 0 Å². The molecule has 1 N–H and O–H groups in total. The summed E-state index contributed by atoms with van der Waals surface area (Å²) in [6, 6.07) is 11.1. The first kappa shape index (κ1) is 23.9. The topological polar surface area (TPSA) is 134 Å². The first-order valence-corrected chi connectivity index (χ1v) is 12.3. The van der Waals surface area contributed by atoms with Crippen molar-refractivity contribution in [1.29, 1.82) is 0 Å². The number of methoxy groups -OCH3 is 1. The Bertz CT molecular complexity index is 1150. The van der Waals surface area contributed by atoms with Gasteiger partial charge in [-0.1, -0.05) is 0 Å². The fourth-order valence-electron chi connectivity index (χ4n) is 4.34. The van der Waals surface area contributed by atoms with Crippen molar-refractivity contribution in [3.63, 3.8) is 0 Å². The van der Waals surface area contributed by atoms with E-state index in [4.69, 9.17) is 4.74 Å². The van der Waals surface area contributed by atoms with Crippen LogP contribution in [-0.2, 0) is 14.8 Å². The van der Waals surface area contributed by atoms with E-state index in [-0.39, 0.29) is 29.5 Å². The van der Waals surface area contributed by atoms with E-state index >= 15 is 0 Å². The molecule has 0 bridgehead atoms.